The van der Waals surface area contributed by atoms with Crippen molar-refractivity contribution in [1.29, 1.82) is 0 Å². The molecule has 11 atom stereocenters. The third kappa shape index (κ3) is 15.4. The maximum Gasteiger partial charge on any atom is 0.407 e. The lowest BCUT2D eigenvalue weighted by atomic mass is 9.89. The van der Waals surface area contributed by atoms with Crippen LogP contribution in [0.2, 0.25) is 0 Å². The third-order valence-electron chi connectivity index (χ3n) is 14.5. The number of likely N-dealkylation sites (tertiary alicyclic amines) is 2. The Hall–Kier alpha value is -4.77. The number of hydrogen-bond donors (Lipinski definition) is 3. The van der Waals surface area contributed by atoms with E-state index in [1.807, 2.05) is 58.0 Å². The molecule has 0 radical (unpaired) electrons. The molecule has 0 aromatic heterocycles. The van der Waals surface area contributed by atoms with Crippen LogP contribution in [-0.2, 0) is 54.1 Å². The highest BCUT2D eigenvalue weighted by Crippen LogP contribution is 2.43. The number of unbranched alkanes of at least 4 members (excludes halogenated alkanes) is 2. The SMILES string of the molecule is CC[C@H](C)[C@@H]([C@@H](CC(=O)N1CCC[C@H]1[C@H](OC)[C@@H](C)C(=O)NC(Cc1ccccc1)C(=O)OC)OC)N(C)C(=O)[C@@H](NC(=O)[C@@H]1[C@H]2CC[C@H](C2)N1C(=O)CCCCCNC(=O)OC(C)(C)C)C(C)C. The van der Waals surface area contributed by atoms with Crippen LogP contribution < -0.4 is 16.0 Å². The number of nitrogens with one attached hydrogen (secondary N) is 3. The van der Waals surface area contributed by atoms with Gasteiger partial charge in [-0.1, -0.05) is 77.8 Å². The predicted molar refractivity (Wildman–Crippen MR) is 261 cm³/mol. The van der Waals surface area contributed by atoms with Crippen LogP contribution in [-0.4, -0.2) is 152 Å². The zero-order valence-corrected chi connectivity index (χ0v) is 43.5. The second kappa shape index (κ2) is 26.4. The van der Waals surface area contributed by atoms with Gasteiger partial charge in [-0.15, -0.1) is 0 Å². The van der Waals surface area contributed by atoms with E-state index in [0.717, 1.165) is 31.2 Å². The van der Waals surface area contributed by atoms with E-state index in [0.29, 0.717) is 45.2 Å². The number of benzene rings is 1. The van der Waals surface area contributed by atoms with Gasteiger partial charge in [-0.3, -0.25) is 24.0 Å². The van der Waals surface area contributed by atoms with Crippen molar-refractivity contribution in [2.24, 2.45) is 23.7 Å². The van der Waals surface area contributed by atoms with E-state index in [4.69, 9.17) is 18.9 Å². The number of carbonyl (C=O) groups excluding carboxylic acids is 7. The lowest BCUT2D eigenvalue weighted by Gasteiger charge is -2.41. The van der Waals surface area contributed by atoms with E-state index < -0.39 is 71.9 Å². The van der Waals surface area contributed by atoms with Gasteiger partial charge in [0.1, 0.15) is 23.7 Å². The van der Waals surface area contributed by atoms with E-state index in [9.17, 15) is 33.6 Å². The summed E-state index contributed by atoms with van der Waals surface area (Å²) >= 11 is 0. The quantitative estimate of drug-likeness (QED) is 0.0836. The number of esters is 1. The molecular formula is C52H84N6O11. The fourth-order valence-electron chi connectivity index (χ4n) is 10.7. The summed E-state index contributed by atoms with van der Waals surface area (Å²) < 4.78 is 22.4. The van der Waals surface area contributed by atoms with Gasteiger partial charge < -0.3 is 49.6 Å². The first-order valence-electron chi connectivity index (χ1n) is 25.3. The van der Waals surface area contributed by atoms with Crippen molar-refractivity contribution in [2.45, 2.75) is 186 Å². The van der Waals surface area contributed by atoms with Gasteiger partial charge in [0.15, 0.2) is 0 Å². The monoisotopic (exact) mass is 969 g/mol. The summed E-state index contributed by atoms with van der Waals surface area (Å²) in [6, 6.07) is 5.87. The number of fused-ring (bicyclic) bond motifs is 2. The summed E-state index contributed by atoms with van der Waals surface area (Å²) in [6.45, 7) is 15.8. The largest absolute Gasteiger partial charge is 0.467 e. The molecule has 388 valence electrons. The van der Waals surface area contributed by atoms with Crippen LogP contribution in [0.4, 0.5) is 4.79 Å². The molecule has 2 bridgehead atoms. The van der Waals surface area contributed by atoms with Gasteiger partial charge in [0.2, 0.25) is 29.5 Å². The normalized spacial score (nSPS) is 21.9. The van der Waals surface area contributed by atoms with Crippen molar-refractivity contribution in [2.75, 3.05) is 41.5 Å². The zero-order chi connectivity index (χ0) is 51.2. The number of amides is 6. The Kier molecular flexibility index (Phi) is 21.8. The highest BCUT2D eigenvalue weighted by molar-refractivity contribution is 5.93. The lowest BCUT2D eigenvalue weighted by Crippen LogP contribution is -2.60. The molecule has 2 aliphatic heterocycles. The molecule has 1 saturated carbocycles. The fourth-order valence-corrected chi connectivity index (χ4v) is 10.7. The molecule has 17 nitrogen and oxygen atoms in total. The Morgan fingerprint density at radius 3 is 2.17 bits per heavy atom. The molecule has 2 heterocycles. The summed E-state index contributed by atoms with van der Waals surface area (Å²) in [7, 11) is 6.04. The molecule has 1 aromatic carbocycles. The molecule has 6 amide bonds. The molecule has 3 fully saturated rings. The van der Waals surface area contributed by atoms with Crippen molar-refractivity contribution in [1.82, 2.24) is 30.7 Å². The van der Waals surface area contributed by atoms with Crippen molar-refractivity contribution in [3.8, 4) is 0 Å². The first-order valence-corrected chi connectivity index (χ1v) is 25.3. The number of ether oxygens (including phenoxy) is 4. The minimum Gasteiger partial charge on any atom is -0.467 e. The topological polar surface area (TPSA) is 202 Å². The standard InChI is InChI=1S/C52H84N6O11/c1-13-33(4)44(40(66-10)31-42(60)57-28-20-23-39(57)46(67-11)34(5)47(61)54-38(50(64)68-12)29-35-21-16-14-17-22-35)56(9)49(63)43(32(2)3)55-48(62)45-36-25-26-37(30-36)58(45)41(59)24-18-15-19-27-53-51(65)69-52(6,7)8/h14,16-17,21-22,32-34,36-40,43-46H,13,15,18-20,23-31H2,1-12H3,(H,53,65)(H,54,61)(H,55,62)/t33-,34+,36-,37+,38?,39-,40+,43-,44-,45-,46+/m0/s1. The van der Waals surface area contributed by atoms with E-state index in [2.05, 4.69) is 16.0 Å². The lowest BCUT2D eigenvalue weighted by molar-refractivity contribution is -0.149. The minimum atomic E-state index is -0.916. The van der Waals surface area contributed by atoms with Gasteiger partial charge in [0.05, 0.1) is 43.7 Å². The van der Waals surface area contributed by atoms with Gasteiger partial charge in [-0.2, -0.15) is 0 Å². The number of piperidine rings is 1. The summed E-state index contributed by atoms with van der Waals surface area (Å²) in [5.74, 6) is -2.99. The number of carbonyl (C=O) groups is 7. The average Bonchev–Trinajstić information content (AvgIpc) is 4.08. The van der Waals surface area contributed by atoms with Gasteiger partial charge in [0.25, 0.3) is 0 Å². The third-order valence-corrected chi connectivity index (χ3v) is 14.5. The Balaban J connectivity index is 1.42. The Labute approximate surface area is 411 Å². The molecule has 1 aliphatic carbocycles. The number of methoxy groups -OCH3 is 3. The number of rotatable bonds is 25. The second-order valence-electron chi connectivity index (χ2n) is 20.8. The van der Waals surface area contributed by atoms with Crippen molar-refractivity contribution < 1.29 is 52.5 Å². The van der Waals surface area contributed by atoms with Gasteiger partial charge in [0, 0.05) is 53.2 Å². The minimum absolute atomic E-state index is 0.00951. The molecular weight excluding hydrogens is 885 g/mol. The zero-order valence-electron chi connectivity index (χ0n) is 43.5. The molecule has 0 spiro atoms. The van der Waals surface area contributed by atoms with Crippen molar-refractivity contribution in [3.63, 3.8) is 0 Å². The highest BCUT2D eigenvalue weighted by atomic mass is 16.6. The van der Waals surface area contributed by atoms with Gasteiger partial charge >= 0.3 is 12.1 Å². The highest BCUT2D eigenvalue weighted by Gasteiger charge is 2.52. The molecule has 69 heavy (non-hydrogen) atoms. The summed E-state index contributed by atoms with van der Waals surface area (Å²) in [6.07, 6.45) is 5.07. The summed E-state index contributed by atoms with van der Waals surface area (Å²) in [5.41, 5.74) is 0.279. The summed E-state index contributed by atoms with van der Waals surface area (Å²) in [5, 5.41) is 8.70. The first-order chi connectivity index (χ1) is 32.7. The molecule has 1 unspecified atom stereocenters. The van der Waals surface area contributed by atoms with Crippen LogP contribution >= 0.6 is 0 Å². The molecule has 4 rings (SSSR count). The molecule has 17 heteroatoms. The smallest absolute Gasteiger partial charge is 0.407 e. The van der Waals surface area contributed by atoms with Crippen LogP contribution in [0.3, 0.4) is 0 Å². The van der Waals surface area contributed by atoms with Crippen LogP contribution in [0.25, 0.3) is 0 Å². The first kappa shape index (κ1) is 56.8. The van der Waals surface area contributed by atoms with Gasteiger partial charge in [-0.25, -0.2) is 9.59 Å². The number of nitrogens with zero attached hydrogens (tertiary/aromatic N) is 3. The Morgan fingerprint density at radius 1 is 0.870 bits per heavy atom. The van der Waals surface area contributed by atoms with Gasteiger partial charge in [-0.05, 0) is 89.0 Å². The maximum absolute atomic E-state index is 14.7. The van der Waals surface area contributed by atoms with Crippen molar-refractivity contribution in [3.05, 3.63) is 35.9 Å². The fraction of sp³-hybridized carbons (Fsp3) is 0.750. The maximum atomic E-state index is 14.7. The predicted octanol–water partition coefficient (Wildman–Crippen LogP) is 5.41. The van der Waals surface area contributed by atoms with Crippen LogP contribution in [0.1, 0.15) is 132 Å². The van der Waals surface area contributed by atoms with E-state index in [1.165, 1.54) is 21.3 Å². The van der Waals surface area contributed by atoms with Crippen LogP contribution in [0.15, 0.2) is 30.3 Å². The Morgan fingerprint density at radius 2 is 1.57 bits per heavy atom. The van der Waals surface area contributed by atoms with E-state index >= 15 is 0 Å². The Bertz CT molecular complexity index is 1880. The van der Waals surface area contributed by atoms with E-state index in [-0.39, 0.29) is 66.7 Å². The second-order valence-corrected chi connectivity index (χ2v) is 20.8. The van der Waals surface area contributed by atoms with Crippen molar-refractivity contribution >= 4 is 41.6 Å². The molecule has 3 aliphatic rings. The molecule has 1 aromatic rings. The summed E-state index contributed by atoms with van der Waals surface area (Å²) in [4.78, 5) is 101. The number of alkyl carbamates (subject to hydrolysis) is 1. The molecule has 2 saturated heterocycles. The van der Waals surface area contributed by atoms with Crippen LogP contribution in [0, 0.1) is 23.7 Å². The van der Waals surface area contributed by atoms with E-state index in [1.54, 1.807) is 49.4 Å². The molecule has 3 N–H and O–H groups in total. The number of likely N-dealkylation sites (N-methyl/N-ethyl adjacent to an activating group) is 1. The number of hydrogen-bond acceptors (Lipinski definition) is 11. The van der Waals surface area contributed by atoms with Crippen LogP contribution in [0.5, 0.6) is 0 Å². The average molecular weight is 969 g/mol.